The number of nitrogens with two attached hydrogens (primary N) is 2. The Labute approximate surface area is 215 Å². The van der Waals surface area contributed by atoms with E-state index in [-0.39, 0.29) is 22.2 Å². The monoisotopic (exact) mass is 538 g/mol. The van der Waals surface area contributed by atoms with Crippen LogP contribution in [-0.4, -0.2) is 99.8 Å². The van der Waals surface area contributed by atoms with Crippen LogP contribution in [0.1, 0.15) is 12.6 Å². The Morgan fingerprint density at radius 2 is 2.17 bits per heavy atom. The van der Waals surface area contributed by atoms with Crippen LogP contribution in [0.2, 0.25) is 0 Å². The third-order valence-corrected chi connectivity index (χ3v) is 7.88. The number of aliphatic carboxylic acids is 1. The number of carboxylic acid groups (broad SMARTS) is 1. The molecule has 3 rings (SSSR count). The Morgan fingerprint density at radius 3 is 2.72 bits per heavy atom. The highest BCUT2D eigenvalue weighted by Crippen LogP contribution is 2.41. The van der Waals surface area contributed by atoms with Gasteiger partial charge in [0.05, 0.1) is 20.1 Å². The molecule has 1 aromatic heterocycles. The number of fused-ring (bicyclic) bond motifs is 1. The van der Waals surface area contributed by atoms with Crippen molar-refractivity contribution in [1.29, 1.82) is 0 Å². The van der Waals surface area contributed by atoms with Crippen LogP contribution in [-0.2, 0) is 24.0 Å². The minimum Gasteiger partial charge on any atom is -0.477 e. The highest BCUT2D eigenvalue weighted by molar-refractivity contribution is 8.00. The molecule has 3 atom stereocenters. The van der Waals surface area contributed by atoms with Crippen LogP contribution in [0.25, 0.3) is 0 Å². The molecule has 3 heterocycles. The fourth-order valence-corrected chi connectivity index (χ4v) is 5.78. The number of likely N-dealkylation sites (N-methyl/N-ethyl adjacent to an activating group) is 1. The number of β-lactam (4-membered cyclic amide) rings is 1. The number of carbonyl (C=O) groups excluding carboxylic acids is 3. The van der Waals surface area contributed by atoms with Crippen LogP contribution in [0.3, 0.4) is 0 Å². The minimum atomic E-state index is -1.22. The van der Waals surface area contributed by atoms with Gasteiger partial charge in [-0.1, -0.05) is 5.16 Å². The number of nitrogen functional groups attached to an aromatic ring is 1. The van der Waals surface area contributed by atoms with Crippen molar-refractivity contribution in [2.75, 3.05) is 45.3 Å². The summed E-state index contributed by atoms with van der Waals surface area (Å²) in [6, 6.07) is -0.943. The van der Waals surface area contributed by atoms with Gasteiger partial charge < -0.3 is 31.2 Å². The lowest BCUT2D eigenvalue weighted by atomic mass is 10.0. The van der Waals surface area contributed by atoms with Crippen molar-refractivity contribution in [3.63, 3.8) is 0 Å². The van der Waals surface area contributed by atoms with Crippen molar-refractivity contribution in [2.24, 2.45) is 10.9 Å². The number of aromatic nitrogens is 1. The number of primary amides is 1. The van der Waals surface area contributed by atoms with Crippen molar-refractivity contribution in [1.82, 2.24) is 15.2 Å². The summed E-state index contributed by atoms with van der Waals surface area (Å²) in [5.74, 6) is -2.65. The van der Waals surface area contributed by atoms with E-state index in [0.717, 1.165) is 11.3 Å². The molecule has 2 aliphatic rings. The van der Waals surface area contributed by atoms with E-state index in [1.165, 1.54) is 35.2 Å². The molecular weight excluding hydrogens is 510 g/mol. The number of thiazole rings is 1. The number of oxime groups is 1. The predicted octanol–water partition coefficient (Wildman–Crippen LogP) is -0.678. The highest BCUT2D eigenvalue weighted by atomic mass is 32.2. The molecule has 15 heteroatoms. The molecule has 194 valence electrons. The first-order chi connectivity index (χ1) is 17.0. The number of nitrogens with one attached hydrogen (secondary N) is 1. The second kappa shape index (κ2) is 11.1. The number of hydrogen-bond donors (Lipinski definition) is 4. The molecule has 0 aliphatic carbocycles. The van der Waals surface area contributed by atoms with Gasteiger partial charge in [-0.2, -0.15) is 0 Å². The average molecular weight is 539 g/mol. The average Bonchev–Trinajstić information content (AvgIpc) is 3.25. The first-order valence-electron chi connectivity index (χ1n) is 10.8. The lowest BCUT2D eigenvalue weighted by Gasteiger charge is -2.50. The van der Waals surface area contributed by atoms with Gasteiger partial charge in [0.15, 0.2) is 10.8 Å². The lowest BCUT2D eigenvalue weighted by Crippen LogP contribution is -2.71. The normalized spacial score (nSPS) is 21.6. The molecule has 13 nitrogen and oxygen atoms in total. The van der Waals surface area contributed by atoms with Gasteiger partial charge >= 0.3 is 5.97 Å². The van der Waals surface area contributed by atoms with E-state index in [1.54, 1.807) is 6.08 Å². The van der Waals surface area contributed by atoms with E-state index in [9.17, 15) is 24.3 Å². The Kier molecular flexibility index (Phi) is 8.37. The maximum Gasteiger partial charge on any atom is 0.352 e. The van der Waals surface area contributed by atoms with Gasteiger partial charge in [0, 0.05) is 22.8 Å². The Morgan fingerprint density at radius 1 is 1.44 bits per heavy atom. The molecule has 3 amide bonds. The smallest absolute Gasteiger partial charge is 0.352 e. The van der Waals surface area contributed by atoms with E-state index in [1.807, 2.05) is 14.0 Å². The Bertz CT molecular complexity index is 1160. The number of carbonyl (C=O) groups is 4. The molecule has 1 saturated heterocycles. The van der Waals surface area contributed by atoms with Crippen molar-refractivity contribution in [2.45, 2.75) is 18.3 Å². The van der Waals surface area contributed by atoms with E-state index >= 15 is 0 Å². The summed E-state index contributed by atoms with van der Waals surface area (Å²) in [6.07, 6.45) is 2.93. The molecule has 0 saturated carbocycles. The summed E-state index contributed by atoms with van der Waals surface area (Å²) in [5.41, 5.74) is 11.4. The maximum atomic E-state index is 13.0. The van der Waals surface area contributed by atoms with Crippen LogP contribution in [0, 0.1) is 0 Å². The minimum absolute atomic E-state index is 0.0796. The fourth-order valence-electron chi connectivity index (χ4n) is 3.90. The molecule has 0 aromatic carbocycles. The predicted molar refractivity (Wildman–Crippen MR) is 135 cm³/mol. The Hall–Kier alpha value is -3.43. The fraction of sp³-hybridized carbons (Fsp3) is 0.429. The number of anilines is 1. The van der Waals surface area contributed by atoms with Gasteiger partial charge in [0.2, 0.25) is 5.91 Å². The molecule has 0 spiro atoms. The molecule has 6 N–H and O–H groups in total. The molecule has 0 bridgehead atoms. The number of amides is 3. The molecule has 0 radical (unpaired) electrons. The van der Waals surface area contributed by atoms with E-state index in [2.05, 4.69) is 15.5 Å². The first kappa shape index (κ1) is 27.2. The van der Waals surface area contributed by atoms with E-state index < -0.39 is 35.1 Å². The zero-order valence-corrected chi connectivity index (χ0v) is 21.6. The molecule has 2 aliphatic heterocycles. The van der Waals surface area contributed by atoms with Crippen LogP contribution in [0.5, 0.6) is 0 Å². The quantitative estimate of drug-likeness (QED) is 0.0929. The summed E-state index contributed by atoms with van der Waals surface area (Å²) >= 11 is 2.48. The number of thioether (sulfide) groups is 1. The van der Waals surface area contributed by atoms with Gasteiger partial charge in [0.25, 0.3) is 11.8 Å². The topological polar surface area (TPSA) is 190 Å². The number of nitrogens with zero attached hydrogens (tertiary/aromatic N) is 4. The summed E-state index contributed by atoms with van der Waals surface area (Å²) in [6.45, 7) is 3.42. The highest BCUT2D eigenvalue weighted by Gasteiger charge is 2.55. The summed E-state index contributed by atoms with van der Waals surface area (Å²) in [7, 11) is 3.20. The summed E-state index contributed by atoms with van der Waals surface area (Å²) in [5, 5.41) is 17.5. The van der Waals surface area contributed by atoms with Crippen LogP contribution >= 0.6 is 23.1 Å². The van der Waals surface area contributed by atoms with Gasteiger partial charge in [-0.25, -0.2) is 9.78 Å². The van der Waals surface area contributed by atoms with Crippen molar-refractivity contribution >= 4 is 57.6 Å². The Balaban J connectivity index is 1.79. The standard InChI is InChI=1S/C21H27N7O6S2/c1-4-28(2,7-5-6-13(22)29)8-11-9-35-19-15(18(31)27(19)16(11)20(32)33)25-17(30)14(26-34-3)12-10-36-21(23)24-12/h5-6,10,15,19H,4,7-9H2,1-3H3,(H5-,22,23,24,25,29,30,32,33)/p+1/b6-5+,26-14-. The third kappa shape index (κ3) is 5.68. The van der Waals surface area contributed by atoms with Gasteiger partial charge in [-0.05, 0) is 13.0 Å². The number of carboxylic acids is 1. The van der Waals surface area contributed by atoms with Crippen molar-refractivity contribution in [3.8, 4) is 0 Å². The largest absolute Gasteiger partial charge is 0.477 e. The van der Waals surface area contributed by atoms with Crippen LogP contribution in [0.4, 0.5) is 5.13 Å². The zero-order valence-electron chi connectivity index (χ0n) is 20.0. The number of rotatable bonds is 11. The molecular formula is C21H28N7O6S2+. The van der Waals surface area contributed by atoms with Gasteiger partial charge in [-0.15, -0.1) is 23.1 Å². The zero-order chi connectivity index (χ0) is 26.6. The van der Waals surface area contributed by atoms with E-state index in [4.69, 9.17) is 16.3 Å². The number of hydrogen-bond acceptors (Lipinski definition) is 10. The maximum absolute atomic E-state index is 13.0. The van der Waals surface area contributed by atoms with Crippen LogP contribution in [0.15, 0.2) is 34.0 Å². The molecule has 36 heavy (non-hydrogen) atoms. The third-order valence-electron chi connectivity index (χ3n) is 5.86. The van der Waals surface area contributed by atoms with E-state index in [0.29, 0.717) is 35.4 Å². The molecule has 1 fully saturated rings. The van der Waals surface area contributed by atoms with Gasteiger partial charge in [0.1, 0.15) is 36.5 Å². The first-order valence-corrected chi connectivity index (χ1v) is 12.8. The van der Waals surface area contributed by atoms with Gasteiger partial charge in [-0.3, -0.25) is 19.3 Å². The second-order valence-corrected chi connectivity index (χ2v) is 10.4. The van der Waals surface area contributed by atoms with Crippen molar-refractivity contribution in [3.05, 3.63) is 34.5 Å². The lowest BCUT2D eigenvalue weighted by molar-refractivity contribution is -0.897. The summed E-state index contributed by atoms with van der Waals surface area (Å²) in [4.78, 5) is 59.1. The number of quaternary nitrogens is 1. The van der Waals surface area contributed by atoms with Crippen LogP contribution < -0.4 is 16.8 Å². The molecule has 1 aromatic rings. The molecule has 3 unspecified atom stereocenters. The summed E-state index contributed by atoms with van der Waals surface area (Å²) < 4.78 is 0.414. The second-order valence-electron chi connectivity index (χ2n) is 8.39. The van der Waals surface area contributed by atoms with Crippen molar-refractivity contribution < 1.29 is 33.6 Å². The SMILES string of the molecule is CC[N+](C)(C/C=C/C(N)=O)CC1=C(C(=O)O)N2C(=O)C(NC(=O)/C(=N\OC)c3csc(N)n3)C2SC1.